The Morgan fingerprint density at radius 2 is 1.74 bits per heavy atom. The van der Waals surface area contributed by atoms with Gasteiger partial charge in [0.1, 0.15) is 29.2 Å². The number of carbonyl (C=O) groups excluding carboxylic acids is 1. The molecule has 0 saturated carbocycles. The fraction of sp³-hybridized carbons (Fsp3) is 0.385. The maximum absolute atomic E-state index is 15.9. The molecule has 57 heavy (non-hydrogen) atoms. The summed E-state index contributed by atoms with van der Waals surface area (Å²) in [4.78, 5) is 39.7. The van der Waals surface area contributed by atoms with Gasteiger partial charge in [0.25, 0.3) is 0 Å². The van der Waals surface area contributed by atoms with Crippen molar-refractivity contribution in [1.29, 1.82) is 0 Å². The fourth-order valence-corrected chi connectivity index (χ4v) is 8.61. The van der Waals surface area contributed by atoms with E-state index in [1.54, 1.807) is 18.3 Å². The van der Waals surface area contributed by atoms with E-state index in [0.717, 1.165) is 67.7 Å². The largest absolute Gasteiger partial charge is 0.754 e. The number of hydrazine groups is 1. The number of ketones is 1. The Kier molecular flexibility index (Phi) is 10.5. The second-order valence-corrected chi connectivity index (χ2v) is 15.8. The van der Waals surface area contributed by atoms with Crippen molar-refractivity contribution in [1.82, 2.24) is 25.0 Å². The molecule has 3 aliphatic heterocycles. The number of alkyl halides is 1. The maximum Gasteiger partial charge on any atom is 0.314 e. The number of aliphatic carboxylic acids is 1. The van der Waals surface area contributed by atoms with E-state index in [4.69, 9.17) is 4.52 Å². The van der Waals surface area contributed by atoms with Crippen LogP contribution in [0.3, 0.4) is 0 Å². The van der Waals surface area contributed by atoms with Crippen molar-refractivity contribution in [3.05, 3.63) is 89.4 Å². The molecule has 3 aromatic heterocycles. The van der Waals surface area contributed by atoms with Crippen molar-refractivity contribution in [2.75, 3.05) is 66.6 Å². The highest BCUT2D eigenvalue weighted by Crippen LogP contribution is 2.34. The van der Waals surface area contributed by atoms with Crippen LogP contribution in [0.4, 0.5) is 30.4 Å². The van der Waals surface area contributed by atoms with E-state index < -0.39 is 58.0 Å². The van der Waals surface area contributed by atoms with Crippen LogP contribution in [0.15, 0.2) is 65.4 Å². The van der Waals surface area contributed by atoms with Crippen molar-refractivity contribution in [3.63, 3.8) is 0 Å². The normalized spacial score (nSPS) is 19.3. The van der Waals surface area contributed by atoms with Crippen LogP contribution in [0.1, 0.15) is 47.9 Å². The number of carbonyl (C=O) groups is 2. The second kappa shape index (κ2) is 15.6. The zero-order chi connectivity index (χ0) is 40.1. The van der Waals surface area contributed by atoms with Gasteiger partial charge in [-0.2, -0.15) is 0 Å². The Labute approximate surface area is 328 Å². The fourth-order valence-electron chi connectivity index (χ4n) is 7.97. The average Bonchev–Trinajstić information content (AvgIpc) is 3.92. The van der Waals surface area contributed by atoms with E-state index in [2.05, 4.69) is 29.8 Å². The molecule has 2 unspecified atom stereocenters. The number of fused-ring (bicyclic) bond motifs is 1. The van der Waals surface area contributed by atoms with E-state index in [1.807, 2.05) is 38.1 Å². The summed E-state index contributed by atoms with van der Waals surface area (Å²) in [5.41, 5.74) is 1.26. The monoisotopic (exact) mass is 805 g/mol. The Morgan fingerprint density at radius 3 is 2.39 bits per heavy atom. The first-order chi connectivity index (χ1) is 27.4. The van der Waals surface area contributed by atoms with E-state index >= 15 is 8.78 Å². The highest BCUT2D eigenvalue weighted by Gasteiger charge is 2.37. The van der Waals surface area contributed by atoms with Gasteiger partial charge in [0, 0.05) is 92.5 Å². The Bertz CT molecular complexity index is 2330. The van der Waals surface area contributed by atoms with Gasteiger partial charge >= 0.3 is 5.97 Å². The molecule has 300 valence electrons. The number of halogens is 3. The summed E-state index contributed by atoms with van der Waals surface area (Å²) in [6.07, 6.45) is 1.67. The van der Waals surface area contributed by atoms with Gasteiger partial charge in [-0.1, -0.05) is 31.1 Å². The lowest BCUT2D eigenvalue weighted by Gasteiger charge is -2.48. The van der Waals surface area contributed by atoms with Gasteiger partial charge in [0.05, 0.1) is 23.4 Å². The van der Waals surface area contributed by atoms with Crippen molar-refractivity contribution < 1.29 is 41.2 Å². The molecule has 8 rings (SSSR count). The molecule has 0 spiro atoms. The number of nitrogens with one attached hydrogen (secondary N) is 1. The quantitative estimate of drug-likeness (QED) is 0.127. The number of rotatable bonds is 12. The van der Waals surface area contributed by atoms with Crippen LogP contribution in [0.2, 0.25) is 0 Å². The molecule has 18 heteroatoms. The summed E-state index contributed by atoms with van der Waals surface area (Å²) in [5, 5.41) is 15.1. The summed E-state index contributed by atoms with van der Waals surface area (Å²) in [5.74, 6) is -4.32. The molecule has 14 nitrogen and oxygen atoms in total. The number of H-pyrrole nitrogens is 1. The lowest BCUT2D eigenvalue weighted by atomic mass is 9.93. The second-order valence-electron chi connectivity index (χ2n) is 15.0. The zero-order valence-electron chi connectivity index (χ0n) is 31.1. The summed E-state index contributed by atoms with van der Waals surface area (Å²) >= 11 is -3.07. The zero-order valence-corrected chi connectivity index (χ0v) is 31.9. The van der Waals surface area contributed by atoms with Crippen LogP contribution in [-0.4, -0.2) is 115 Å². The predicted molar refractivity (Wildman–Crippen MR) is 205 cm³/mol. The third-order valence-electron chi connectivity index (χ3n) is 11.1. The molecule has 0 radical (unpaired) electrons. The number of carboxylic acids is 1. The summed E-state index contributed by atoms with van der Waals surface area (Å²) in [6.45, 7) is 8.35. The van der Waals surface area contributed by atoms with Crippen molar-refractivity contribution in [3.8, 4) is 11.1 Å². The van der Waals surface area contributed by atoms with Crippen LogP contribution in [-0.2, 0) is 16.1 Å². The number of benzene rings is 2. The maximum atomic E-state index is 15.9. The SMILES string of the molecule is CC(C)C(C(=O)O)c1cc(N2CC(N3CCN(c4ccc(-c5cnc6[nH]cc(C(=O)c7c(F)ccc(N(N8CC[C@@H](F)C8)S(=O)[O-])c7F)c6c5)cc4)CC3)C2)no1. The van der Waals surface area contributed by atoms with Gasteiger partial charge < -0.3 is 29.0 Å². The number of carboxylic acid groups (broad SMARTS) is 1. The van der Waals surface area contributed by atoms with Gasteiger partial charge in [0.15, 0.2) is 17.4 Å². The molecule has 2 aromatic carbocycles. The van der Waals surface area contributed by atoms with Crippen LogP contribution in [0.5, 0.6) is 0 Å². The Morgan fingerprint density at radius 1 is 1.00 bits per heavy atom. The minimum absolute atomic E-state index is 0.00404. The van der Waals surface area contributed by atoms with Gasteiger partial charge in [0.2, 0.25) is 5.78 Å². The van der Waals surface area contributed by atoms with E-state index in [-0.39, 0.29) is 31.0 Å². The number of hydrogen-bond donors (Lipinski definition) is 2. The van der Waals surface area contributed by atoms with Gasteiger partial charge in [-0.25, -0.2) is 27.6 Å². The number of pyridine rings is 1. The number of anilines is 3. The summed E-state index contributed by atoms with van der Waals surface area (Å²) in [6, 6.07) is 13.5. The first kappa shape index (κ1) is 38.6. The highest BCUT2D eigenvalue weighted by molar-refractivity contribution is 7.80. The molecule has 3 saturated heterocycles. The van der Waals surface area contributed by atoms with Crippen molar-refractivity contribution in [2.24, 2.45) is 5.92 Å². The van der Waals surface area contributed by atoms with Crippen LogP contribution in [0.25, 0.3) is 22.2 Å². The summed E-state index contributed by atoms with van der Waals surface area (Å²) < 4.78 is 75.2. The minimum Gasteiger partial charge on any atom is -0.754 e. The molecule has 2 N–H and O–H groups in total. The van der Waals surface area contributed by atoms with Crippen LogP contribution in [0, 0.1) is 17.6 Å². The van der Waals surface area contributed by atoms with Crippen molar-refractivity contribution in [2.45, 2.75) is 38.4 Å². The number of nitrogens with zero attached hydrogens (tertiary/aromatic N) is 7. The molecule has 3 fully saturated rings. The minimum atomic E-state index is -3.07. The van der Waals surface area contributed by atoms with Crippen molar-refractivity contribution >= 4 is 51.2 Å². The van der Waals surface area contributed by atoms with Gasteiger partial charge in [-0.05, 0) is 48.2 Å². The highest BCUT2D eigenvalue weighted by atomic mass is 32.2. The number of piperazine rings is 1. The molecular formula is C39H40F3N8O6S-. The lowest BCUT2D eigenvalue weighted by Crippen LogP contribution is -2.63. The lowest BCUT2D eigenvalue weighted by molar-refractivity contribution is -0.140. The molecule has 0 aliphatic carbocycles. The van der Waals surface area contributed by atoms with Gasteiger partial charge in [-0.3, -0.25) is 18.7 Å². The van der Waals surface area contributed by atoms with E-state index in [9.17, 15) is 27.8 Å². The molecule has 0 amide bonds. The molecule has 3 atom stereocenters. The number of hydrogen-bond acceptors (Lipinski definition) is 11. The predicted octanol–water partition coefficient (Wildman–Crippen LogP) is 5.12. The standard InChI is InChI=1S/C39H41F3N8O6S/c1-22(2)34(39(52)53)32-16-33(45-56-32)48-20-27(21-48)47-13-11-46(12-14-47)26-5-3-23(4-6-26)24-15-28-29(18-44-38(28)43-17-24)37(51)35-30(41)7-8-31(36(35)42)50(57(54)55)49-10-9-25(40)19-49/h3-8,15-18,22,25,27,34H,9-14,19-21H2,1-2H3,(H,43,44)(H,52,53)(H,54,55)/p-1/t25-,34?/m1/s1. The van der Waals surface area contributed by atoms with Crippen LogP contribution < -0.4 is 14.2 Å². The molecular weight excluding hydrogens is 766 g/mol. The number of aromatic nitrogens is 3. The van der Waals surface area contributed by atoms with Crippen LogP contribution >= 0.6 is 0 Å². The average molecular weight is 806 g/mol. The van der Waals surface area contributed by atoms with E-state index in [0.29, 0.717) is 38.6 Å². The molecule has 5 aromatic rings. The molecule has 0 bridgehead atoms. The smallest absolute Gasteiger partial charge is 0.314 e. The van der Waals surface area contributed by atoms with E-state index in [1.165, 1.54) is 6.20 Å². The summed E-state index contributed by atoms with van der Waals surface area (Å²) in [7, 11) is 0. The number of aromatic amines is 1. The third-order valence-corrected chi connectivity index (χ3v) is 11.8. The third kappa shape index (κ3) is 7.37. The van der Waals surface area contributed by atoms with Gasteiger partial charge in [-0.15, -0.1) is 0 Å². The first-order valence-electron chi connectivity index (χ1n) is 18.7. The Balaban J connectivity index is 0.922. The Hall–Kier alpha value is -5.30. The first-order valence-corrected chi connectivity index (χ1v) is 19.7. The molecule has 3 aliphatic rings. The molecule has 6 heterocycles. The topological polar surface area (TPSA) is 165 Å².